The van der Waals surface area contributed by atoms with Gasteiger partial charge >= 0.3 is 7.87 Å². The third-order valence-corrected chi connectivity index (χ3v) is 9.66. The number of unbranched alkanes of at least 4 members (excludes halogenated alkanes) is 3. The van der Waals surface area contributed by atoms with Gasteiger partial charge in [0.05, 0.1) is 0 Å². The van der Waals surface area contributed by atoms with Crippen LogP contribution in [0.15, 0.2) is 0 Å². The van der Waals surface area contributed by atoms with Crippen LogP contribution in [0.4, 0.5) is 0 Å². The Morgan fingerprint density at radius 2 is 0.833 bits per heavy atom. The number of hydrogen-bond donors (Lipinski definition) is 0. The average molecular weight is 362 g/mol. The van der Waals surface area contributed by atoms with E-state index in [1.807, 2.05) is 0 Å². The first-order valence-corrected chi connectivity index (χ1v) is 11.9. The van der Waals surface area contributed by atoms with Gasteiger partial charge in [0.2, 0.25) is 0 Å². The Balaban J connectivity index is 5.77. The Bertz CT molecular complexity index is 261. The second-order valence-corrected chi connectivity index (χ2v) is 10.6. The molecule has 5 heteroatoms. The molecule has 0 fully saturated rings. The lowest BCUT2D eigenvalue weighted by Crippen LogP contribution is -2.50. The highest BCUT2D eigenvalue weighted by Crippen LogP contribution is 2.68. The van der Waals surface area contributed by atoms with Gasteiger partial charge < -0.3 is 0 Å². The zero-order valence-electron chi connectivity index (χ0n) is 18.0. The molecule has 0 saturated heterocycles. The fraction of sp³-hybridized carbons (Fsp3) is 1.00. The van der Waals surface area contributed by atoms with Crippen LogP contribution >= 0.6 is 7.87 Å². The molecule has 0 spiro atoms. The summed E-state index contributed by atoms with van der Waals surface area (Å²) in [6, 6.07) is 0. The van der Waals surface area contributed by atoms with Gasteiger partial charge in [0.1, 0.15) is 0 Å². The van der Waals surface area contributed by atoms with Gasteiger partial charge in [0.15, 0.2) is 0 Å². The van der Waals surface area contributed by atoms with Crippen LogP contribution < -0.4 is 0 Å². The van der Waals surface area contributed by atoms with E-state index in [0.29, 0.717) is 0 Å². The molecule has 0 aliphatic rings. The molecule has 0 bridgehead atoms. The fourth-order valence-corrected chi connectivity index (χ4v) is 8.44. The molecule has 0 heterocycles. The van der Waals surface area contributed by atoms with E-state index in [1.54, 1.807) is 0 Å². The minimum Gasteiger partial charge on any atom is -0.136 e. The second kappa shape index (κ2) is 13.5. The Labute approximate surface area is 154 Å². The van der Waals surface area contributed by atoms with E-state index >= 15 is 0 Å². The summed E-state index contributed by atoms with van der Waals surface area (Å²) in [5, 5.41) is 0. The zero-order valence-corrected chi connectivity index (χ0v) is 18.9. The van der Waals surface area contributed by atoms with Crippen molar-refractivity contribution in [1.82, 2.24) is 18.7 Å². The van der Waals surface area contributed by atoms with Crippen LogP contribution in [-0.4, -0.2) is 72.5 Å². The lowest BCUT2D eigenvalue weighted by Gasteiger charge is -2.48. The van der Waals surface area contributed by atoms with Gasteiger partial charge in [-0.2, -0.15) is 0 Å². The van der Waals surface area contributed by atoms with Gasteiger partial charge in [-0.1, -0.05) is 40.0 Å². The van der Waals surface area contributed by atoms with Gasteiger partial charge in [-0.25, -0.2) is 0 Å². The third kappa shape index (κ3) is 6.21. The molecule has 0 amide bonds. The van der Waals surface area contributed by atoms with Crippen molar-refractivity contribution < 1.29 is 0 Å². The lowest BCUT2D eigenvalue weighted by molar-refractivity contribution is 0.284. The van der Waals surface area contributed by atoms with Crippen molar-refractivity contribution in [3.05, 3.63) is 0 Å². The predicted octanol–water partition coefficient (Wildman–Crippen LogP) is 5.20. The molecule has 4 nitrogen and oxygen atoms in total. The summed E-state index contributed by atoms with van der Waals surface area (Å²) in [6.07, 6.45) is 7.63. The Hall–Kier alpha value is 0.270. The first kappa shape index (κ1) is 24.3. The number of hydrogen-bond acceptors (Lipinski definition) is 4. The smallest absolute Gasteiger partial charge is 0.136 e. The topological polar surface area (TPSA) is 13.0 Å². The molecular formula is C19H46N4P+. The van der Waals surface area contributed by atoms with Crippen molar-refractivity contribution in [3.8, 4) is 0 Å². The highest BCUT2D eigenvalue weighted by atomic mass is 31.2. The van der Waals surface area contributed by atoms with Gasteiger partial charge in [-0.3, -0.25) is 0 Å². The van der Waals surface area contributed by atoms with Crippen LogP contribution in [0.25, 0.3) is 0 Å². The molecule has 24 heavy (non-hydrogen) atoms. The molecule has 0 aromatic heterocycles. The van der Waals surface area contributed by atoms with Crippen molar-refractivity contribution in [3.63, 3.8) is 0 Å². The quantitative estimate of drug-likeness (QED) is 0.372. The summed E-state index contributed by atoms with van der Waals surface area (Å²) in [4.78, 5) is 0. The van der Waals surface area contributed by atoms with E-state index in [-0.39, 0.29) is 0 Å². The minimum atomic E-state index is -1.64. The van der Waals surface area contributed by atoms with Crippen LogP contribution in [0.1, 0.15) is 73.1 Å². The third-order valence-electron chi connectivity index (χ3n) is 4.99. The number of nitrogens with zero attached hydrogens (tertiary/aromatic N) is 4. The normalized spacial score (nSPS) is 13.0. The average Bonchev–Trinajstić information content (AvgIpc) is 2.59. The van der Waals surface area contributed by atoms with Gasteiger partial charge in [-0.15, -0.1) is 18.7 Å². The van der Waals surface area contributed by atoms with E-state index in [2.05, 4.69) is 74.4 Å². The maximum absolute atomic E-state index is 2.74. The van der Waals surface area contributed by atoms with Gasteiger partial charge in [-0.05, 0) is 33.1 Å². The van der Waals surface area contributed by atoms with Crippen molar-refractivity contribution in [2.45, 2.75) is 73.1 Å². The summed E-state index contributed by atoms with van der Waals surface area (Å²) >= 11 is 0. The summed E-state index contributed by atoms with van der Waals surface area (Å²) in [7, 11) is 5.47. The van der Waals surface area contributed by atoms with Crippen molar-refractivity contribution in [2.24, 2.45) is 0 Å². The molecular weight excluding hydrogens is 315 g/mol. The SMILES string of the molecule is CCCCN(C)[P+](N(C)CCCC)(N(C)CCCC)N(CC)CC. The zero-order chi connectivity index (χ0) is 18.6. The second-order valence-electron chi connectivity index (χ2n) is 6.88. The minimum absolute atomic E-state index is 1.12. The summed E-state index contributed by atoms with van der Waals surface area (Å²) in [5.74, 6) is 0. The van der Waals surface area contributed by atoms with E-state index < -0.39 is 7.87 Å². The molecule has 0 aromatic rings. The first-order valence-electron chi connectivity index (χ1n) is 10.3. The lowest BCUT2D eigenvalue weighted by atomic mass is 10.3. The van der Waals surface area contributed by atoms with Crippen LogP contribution in [0.3, 0.4) is 0 Å². The van der Waals surface area contributed by atoms with E-state index in [9.17, 15) is 0 Å². The maximum Gasteiger partial charge on any atom is 0.307 e. The molecule has 0 unspecified atom stereocenters. The Morgan fingerprint density at radius 3 is 1.04 bits per heavy atom. The molecule has 0 radical (unpaired) electrons. The summed E-state index contributed by atoms with van der Waals surface area (Å²) in [6.45, 7) is 17.4. The molecule has 0 aliphatic carbocycles. The van der Waals surface area contributed by atoms with Crippen LogP contribution in [-0.2, 0) is 0 Å². The molecule has 0 N–H and O–H groups in total. The maximum atomic E-state index is 2.74. The van der Waals surface area contributed by atoms with E-state index in [4.69, 9.17) is 0 Å². The molecule has 146 valence electrons. The molecule has 0 aromatic carbocycles. The van der Waals surface area contributed by atoms with Crippen molar-refractivity contribution >= 4 is 7.87 Å². The number of rotatable bonds is 15. The molecule has 0 rings (SSSR count). The largest absolute Gasteiger partial charge is 0.307 e. The van der Waals surface area contributed by atoms with Gasteiger partial charge in [0, 0.05) is 53.9 Å². The van der Waals surface area contributed by atoms with Crippen LogP contribution in [0.2, 0.25) is 0 Å². The Morgan fingerprint density at radius 1 is 0.542 bits per heavy atom. The van der Waals surface area contributed by atoms with Crippen molar-refractivity contribution in [1.29, 1.82) is 0 Å². The molecule has 0 aliphatic heterocycles. The summed E-state index contributed by atoms with van der Waals surface area (Å²) in [5.41, 5.74) is 0. The predicted molar refractivity (Wildman–Crippen MR) is 112 cm³/mol. The standard InChI is InChI=1S/C19H46N4P/c1-9-14-17-20(6)24(23(12-4)13-5,21(7)18-15-10-2)22(8)19-16-11-3/h9-19H2,1-8H3/q+1. The molecule has 0 saturated carbocycles. The van der Waals surface area contributed by atoms with Crippen LogP contribution in [0.5, 0.6) is 0 Å². The van der Waals surface area contributed by atoms with Crippen molar-refractivity contribution in [2.75, 3.05) is 53.9 Å². The monoisotopic (exact) mass is 361 g/mol. The van der Waals surface area contributed by atoms with Gasteiger partial charge in [0.25, 0.3) is 0 Å². The highest BCUT2D eigenvalue weighted by molar-refractivity contribution is 7.66. The van der Waals surface area contributed by atoms with E-state index in [0.717, 1.165) is 13.1 Å². The Kier molecular flexibility index (Phi) is 13.6. The summed E-state index contributed by atoms with van der Waals surface area (Å²) < 4.78 is 10.9. The molecule has 0 atom stereocenters. The highest BCUT2D eigenvalue weighted by Gasteiger charge is 2.56. The fourth-order valence-electron chi connectivity index (χ4n) is 3.60. The first-order chi connectivity index (χ1) is 11.5. The van der Waals surface area contributed by atoms with E-state index in [1.165, 1.54) is 58.2 Å². The van der Waals surface area contributed by atoms with Crippen LogP contribution in [0, 0.1) is 0 Å².